The standard InChI is InChI=1S/C13H17BrN6O/c1-19-12(15)9(5-17-19)4-16-10-6-18-20(7-8-2-3-8)13(21)11(10)14/h5-6,8,16H,2-4,7,15H2,1H3. The second-order valence-electron chi connectivity index (χ2n) is 5.34. The molecule has 2 aromatic heterocycles. The van der Waals surface area contributed by atoms with Crippen molar-refractivity contribution in [3.8, 4) is 0 Å². The number of aryl methyl sites for hydroxylation is 1. The van der Waals surface area contributed by atoms with E-state index in [9.17, 15) is 4.79 Å². The van der Waals surface area contributed by atoms with E-state index in [1.54, 1.807) is 24.1 Å². The van der Waals surface area contributed by atoms with Crippen LogP contribution < -0.4 is 16.6 Å². The first-order chi connectivity index (χ1) is 10.1. The van der Waals surface area contributed by atoms with Crippen molar-refractivity contribution in [2.24, 2.45) is 13.0 Å². The molecule has 0 bridgehead atoms. The molecule has 0 unspecified atom stereocenters. The summed E-state index contributed by atoms with van der Waals surface area (Å²) in [7, 11) is 1.79. The first-order valence-electron chi connectivity index (χ1n) is 6.82. The van der Waals surface area contributed by atoms with Crippen molar-refractivity contribution in [1.29, 1.82) is 0 Å². The van der Waals surface area contributed by atoms with Gasteiger partial charge >= 0.3 is 0 Å². The number of hydrogen-bond donors (Lipinski definition) is 2. The maximum atomic E-state index is 12.2. The van der Waals surface area contributed by atoms with Crippen LogP contribution in [0.5, 0.6) is 0 Å². The van der Waals surface area contributed by atoms with Crippen molar-refractivity contribution in [2.45, 2.75) is 25.9 Å². The lowest BCUT2D eigenvalue weighted by atomic mass is 10.3. The van der Waals surface area contributed by atoms with E-state index in [0.29, 0.717) is 35.0 Å². The zero-order valence-corrected chi connectivity index (χ0v) is 13.3. The van der Waals surface area contributed by atoms with Gasteiger partial charge in [0.25, 0.3) is 5.56 Å². The van der Waals surface area contributed by atoms with Gasteiger partial charge in [-0.3, -0.25) is 9.48 Å². The first-order valence-corrected chi connectivity index (χ1v) is 7.61. The number of halogens is 1. The average Bonchev–Trinajstić information content (AvgIpc) is 3.23. The van der Waals surface area contributed by atoms with Crippen LogP contribution in [-0.4, -0.2) is 19.6 Å². The van der Waals surface area contributed by atoms with E-state index in [4.69, 9.17) is 5.73 Å². The van der Waals surface area contributed by atoms with Crippen molar-refractivity contribution in [3.63, 3.8) is 0 Å². The topological polar surface area (TPSA) is 90.8 Å². The summed E-state index contributed by atoms with van der Waals surface area (Å²) in [6.45, 7) is 1.19. The number of nitrogens with zero attached hydrogens (tertiary/aromatic N) is 4. The molecule has 0 aromatic carbocycles. The number of nitrogens with one attached hydrogen (secondary N) is 1. The molecular weight excluding hydrogens is 336 g/mol. The summed E-state index contributed by atoms with van der Waals surface area (Å²) in [4.78, 5) is 12.2. The minimum absolute atomic E-state index is 0.106. The van der Waals surface area contributed by atoms with E-state index >= 15 is 0 Å². The molecule has 2 aromatic rings. The maximum Gasteiger partial charge on any atom is 0.283 e. The zero-order valence-electron chi connectivity index (χ0n) is 11.7. The maximum absolute atomic E-state index is 12.2. The molecule has 0 amide bonds. The molecule has 1 aliphatic carbocycles. The quantitative estimate of drug-likeness (QED) is 0.847. The van der Waals surface area contributed by atoms with Gasteiger partial charge in [0.15, 0.2) is 0 Å². The van der Waals surface area contributed by atoms with Gasteiger partial charge in [-0.1, -0.05) is 0 Å². The lowest BCUT2D eigenvalue weighted by Crippen LogP contribution is -2.25. The molecule has 1 fully saturated rings. The number of nitrogen functional groups attached to an aromatic ring is 1. The highest BCUT2D eigenvalue weighted by atomic mass is 79.9. The first kappa shape index (κ1) is 14.1. The molecule has 2 heterocycles. The number of aromatic nitrogens is 4. The summed E-state index contributed by atoms with van der Waals surface area (Å²) in [5.41, 5.74) is 7.33. The monoisotopic (exact) mass is 352 g/mol. The summed E-state index contributed by atoms with van der Waals surface area (Å²) in [5.74, 6) is 1.21. The molecule has 1 saturated carbocycles. The van der Waals surface area contributed by atoms with Gasteiger partial charge in [-0.25, -0.2) is 4.68 Å². The van der Waals surface area contributed by atoms with Crippen LogP contribution in [0.3, 0.4) is 0 Å². The van der Waals surface area contributed by atoms with E-state index in [-0.39, 0.29) is 5.56 Å². The van der Waals surface area contributed by atoms with Gasteiger partial charge < -0.3 is 11.1 Å². The molecule has 1 aliphatic rings. The molecule has 3 N–H and O–H groups in total. The third kappa shape index (κ3) is 2.94. The molecule has 0 atom stereocenters. The van der Waals surface area contributed by atoms with Crippen LogP contribution in [0.25, 0.3) is 0 Å². The number of hydrogen-bond acceptors (Lipinski definition) is 5. The molecule has 21 heavy (non-hydrogen) atoms. The Labute approximate surface area is 130 Å². The fourth-order valence-electron chi connectivity index (χ4n) is 2.08. The molecule has 0 aliphatic heterocycles. The fraction of sp³-hybridized carbons (Fsp3) is 0.462. The lowest BCUT2D eigenvalue weighted by Gasteiger charge is -2.10. The van der Waals surface area contributed by atoms with E-state index in [1.807, 2.05) is 0 Å². The SMILES string of the molecule is Cn1ncc(CNc2cnn(CC3CC3)c(=O)c2Br)c1N. The molecule has 0 spiro atoms. The normalized spacial score (nSPS) is 14.4. The van der Waals surface area contributed by atoms with Crippen LogP contribution in [0, 0.1) is 5.92 Å². The second-order valence-corrected chi connectivity index (χ2v) is 6.13. The fourth-order valence-corrected chi connectivity index (χ4v) is 2.53. The number of anilines is 2. The van der Waals surface area contributed by atoms with Crippen LogP contribution in [0.4, 0.5) is 11.5 Å². The van der Waals surface area contributed by atoms with Crippen LogP contribution in [-0.2, 0) is 20.1 Å². The Morgan fingerprint density at radius 3 is 2.81 bits per heavy atom. The Hall–Kier alpha value is -1.83. The van der Waals surface area contributed by atoms with Gasteiger partial charge in [-0.05, 0) is 34.7 Å². The third-order valence-corrected chi connectivity index (χ3v) is 4.41. The zero-order chi connectivity index (χ0) is 15.0. The summed E-state index contributed by atoms with van der Waals surface area (Å²) in [6, 6.07) is 0. The Morgan fingerprint density at radius 1 is 1.43 bits per heavy atom. The molecule has 112 valence electrons. The summed E-state index contributed by atoms with van der Waals surface area (Å²) < 4.78 is 3.63. The predicted octanol–water partition coefficient (Wildman–Crippen LogP) is 1.34. The molecule has 3 rings (SSSR count). The van der Waals surface area contributed by atoms with Crippen molar-refractivity contribution >= 4 is 27.4 Å². The van der Waals surface area contributed by atoms with Crippen molar-refractivity contribution in [1.82, 2.24) is 19.6 Å². The lowest BCUT2D eigenvalue weighted by molar-refractivity contribution is 0.532. The van der Waals surface area contributed by atoms with Crippen LogP contribution in [0.2, 0.25) is 0 Å². The van der Waals surface area contributed by atoms with Gasteiger partial charge in [0.2, 0.25) is 0 Å². The Bertz CT molecular complexity index is 718. The van der Waals surface area contributed by atoms with Crippen molar-refractivity contribution in [3.05, 3.63) is 32.8 Å². The highest BCUT2D eigenvalue weighted by Crippen LogP contribution is 2.30. The molecule has 0 radical (unpaired) electrons. The summed E-state index contributed by atoms with van der Waals surface area (Å²) >= 11 is 3.35. The van der Waals surface area contributed by atoms with Gasteiger partial charge in [-0.2, -0.15) is 10.2 Å². The average molecular weight is 353 g/mol. The Balaban J connectivity index is 1.75. The van der Waals surface area contributed by atoms with Gasteiger partial charge in [0.1, 0.15) is 10.3 Å². The number of nitrogens with two attached hydrogens (primary N) is 1. The van der Waals surface area contributed by atoms with E-state index < -0.39 is 0 Å². The molecule has 0 saturated heterocycles. The van der Waals surface area contributed by atoms with E-state index in [2.05, 4.69) is 31.4 Å². The van der Waals surface area contributed by atoms with E-state index in [1.165, 1.54) is 17.5 Å². The molecule has 7 nitrogen and oxygen atoms in total. The van der Waals surface area contributed by atoms with Crippen molar-refractivity contribution < 1.29 is 0 Å². The molecule has 8 heteroatoms. The highest BCUT2D eigenvalue weighted by Gasteiger charge is 2.23. The predicted molar refractivity (Wildman–Crippen MR) is 83.9 cm³/mol. The number of rotatable bonds is 5. The second kappa shape index (κ2) is 5.51. The smallest absolute Gasteiger partial charge is 0.283 e. The molecular formula is C13H17BrN6O. The third-order valence-electron chi connectivity index (χ3n) is 3.65. The van der Waals surface area contributed by atoms with Gasteiger partial charge in [0.05, 0.1) is 18.1 Å². The van der Waals surface area contributed by atoms with E-state index in [0.717, 1.165) is 5.56 Å². The minimum atomic E-state index is -0.106. The Kier molecular flexibility index (Phi) is 3.71. The summed E-state index contributed by atoms with van der Waals surface area (Å²) in [6.07, 6.45) is 5.75. The van der Waals surface area contributed by atoms with Crippen molar-refractivity contribution in [2.75, 3.05) is 11.1 Å². The highest BCUT2D eigenvalue weighted by molar-refractivity contribution is 9.10. The minimum Gasteiger partial charge on any atom is -0.384 e. The van der Waals surface area contributed by atoms with Crippen LogP contribution >= 0.6 is 15.9 Å². The van der Waals surface area contributed by atoms with Gasteiger partial charge in [-0.15, -0.1) is 0 Å². The van der Waals surface area contributed by atoms with Crippen LogP contribution in [0.1, 0.15) is 18.4 Å². The summed E-state index contributed by atoms with van der Waals surface area (Å²) in [5, 5.41) is 11.5. The van der Waals surface area contributed by atoms with Crippen LogP contribution in [0.15, 0.2) is 21.7 Å². The van der Waals surface area contributed by atoms with Gasteiger partial charge in [0, 0.05) is 25.7 Å². The Morgan fingerprint density at radius 2 is 2.19 bits per heavy atom. The largest absolute Gasteiger partial charge is 0.384 e.